The lowest BCUT2D eigenvalue weighted by Crippen LogP contribution is -2.07. The summed E-state index contributed by atoms with van der Waals surface area (Å²) in [7, 11) is 0. The van der Waals surface area contributed by atoms with Crippen LogP contribution in [0.3, 0.4) is 0 Å². The summed E-state index contributed by atoms with van der Waals surface area (Å²) in [4.78, 5) is 11.8. The molecule has 0 spiro atoms. The maximum Gasteiger partial charge on any atom is 0.225 e. The third-order valence-corrected chi connectivity index (χ3v) is 2.33. The van der Waals surface area contributed by atoms with E-state index < -0.39 is 0 Å². The number of rotatable bonds is 2. The molecule has 0 aliphatic carbocycles. The molecule has 0 bridgehead atoms. The van der Waals surface area contributed by atoms with E-state index in [1.807, 2.05) is 31.2 Å². The molecule has 0 fully saturated rings. The molecule has 0 amide bonds. The van der Waals surface area contributed by atoms with E-state index in [-0.39, 0.29) is 11.9 Å². The van der Waals surface area contributed by atoms with Crippen LogP contribution in [-0.4, -0.2) is 15.0 Å². The van der Waals surface area contributed by atoms with Crippen LogP contribution in [0.1, 0.15) is 17.0 Å². The average Bonchev–Trinajstić information content (AvgIpc) is 2.20. The maximum atomic E-state index is 5.51. The van der Waals surface area contributed by atoms with E-state index in [4.69, 9.17) is 11.5 Å². The Kier molecular flexibility index (Phi) is 2.68. The molecule has 1 aromatic heterocycles. The number of nitrogens with zero attached hydrogens (tertiary/aromatic N) is 3. The zero-order valence-electron chi connectivity index (χ0n) is 9.01. The average molecular weight is 215 g/mol. The fraction of sp³-hybridized carbons (Fsp3) is 0.182. The SMILES string of the molecule is Cc1ccccc1Cc1nc(N)nc(N)n1. The molecule has 5 heteroatoms. The van der Waals surface area contributed by atoms with Gasteiger partial charge in [-0.3, -0.25) is 0 Å². The van der Waals surface area contributed by atoms with Crippen molar-refractivity contribution in [3.63, 3.8) is 0 Å². The van der Waals surface area contributed by atoms with Gasteiger partial charge >= 0.3 is 0 Å². The fourth-order valence-corrected chi connectivity index (χ4v) is 1.51. The number of benzene rings is 1. The quantitative estimate of drug-likeness (QED) is 0.777. The van der Waals surface area contributed by atoms with Crippen molar-refractivity contribution in [3.05, 3.63) is 41.2 Å². The number of aromatic nitrogens is 3. The molecule has 0 aliphatic heterocycles. The smallest absolute Gasteiger partial charge is 0.225 e. The summed E-state index contributed by atoms with van der Waals surface area (Å²) in [5, 5.41) is 0. The van der Waals surface area contributed by atoms with Gasteiger partial charge in [-0.2, -0.15) is 15.0 Å². The Labute approximate surface area is 93.6 Å². The number of hydrogen-bond donors (Lipinski definition) is 2. The Balaban J connectivity index is 2.30. The topological polar surface area (TPSA) is 90.7 Å². The molecular weight excluding hydrogens is 202 g/mol. The highest BCUT2D eigenvalue weighted by molar-refractivity contribution is 5.31. The Morgan fingerprint density at radius 2 is 1.62 bits per heavy atom. The predicted octanol–water partition coefficient (Wildman–Crippen LogP) is 0.935. The molecule has 5 nitrogen and oxygen atoms in total. The van der Waals surface area contributed by atoms with Crippen molar-refractivity contribution in [2.24, 2.45) is 0 Å². The highest BCUT2D eigenvalue weighted by Gasteiger charge is 2.04. The second-order valence-electron chi connectivity index (χ2n) is 3.57. The molecular formula is C11H13N5. The molecule has 0 unspecified atom stereocenters. The van der Waals surface area contributed by atoms with Crippen molar-refractivity contribution in [2.45, 2.75) is 13.3 Å². The molecule has 0 aliphatic rings. The van der Waals surface area contributed by atoms with Gasteiger partial charge in [0.2, 0.25) is 11.9 Å². The van der Waals surface area contributed by atoms with Gasteiger partial charge in [0.05, 0.1) is 0 Å². The second kappa shape index (κ2) is 4.14. The van der Waals surface area contributed by atoms with Crippen LogP contribution >= 0.6 is 0 Å². The third kappa shape index (κ3) is 2.25. The summed E-state index contributed by atoms with van der Waals surface area (Å²) in [6.07, 6.45) is 0.615. The first-order valence-electron chi connectivity index (χ1n) is 4.95. The summed E-state index contributed by atoms with van der Waals surface area (Å²) >= 11 is 0. The molecule has 82 valence electrons. The first-order valence-corrected chi connectivity index (χ1v) is 4.95. The molecule has 4 N–H and O–H groups in total. The molecule has 0 saturated heterocycles. The molecule has 1 aromatic carbocycles. The van der Waals surface area contributed by atoms with Crippen LogP contribution in [0.4, 0.5) is 11.9 Å². The van der Waals surface area contributed by atoms with Gasteiger partial charge < -0.3 is 11.5 Å². The number of aryl methyl sites for hydroxylation is 1. The summed E-state index contributed by atoms with van der Waals surface area (Å²) in [6, 6.07) is 8.06. The summed E-state index contributed by atoms with van der Waals surface area (Å²) in [6.45, 7) is 2.04. The zero-order valence-corrected chi connectivity index (χ0v) is 9.01. The third-order valence-electron chi connectivity index (χ3n) is 2.33. The van der Waals surface area contributed by atoms with Crippen molar-refractivity contribution in [1.29, 1.82) is 0 Å². The molecule has 1 heterocycles. The van der Waals surface area contributed by atoms with Crippen molar-refractivity contribution in [2.75, 3.05) is 11.5 Å². The number of nitrogens with two attached hydrogens (primary N) is 2. The first kappa shape index (κ1) is 10.4. The monoisotopic (exact) mass is 215 g/mol. The van der Waals surface area contributed by atoms with E-state index >= 15 is 0 Å². The summed E-state index contributed by atoms with van der Waals surface area (Å²) < 4.78 is 0. The first-order chi connectivity index (χ1) is 7.65. The predicted molar refractivity (Wildman–Crippen MR) is 62.6 cm³/mol. The van der Waals surface area contributed by atoms with Gasteiger partial charge in [0.15, 0.2) is 0 Å². The second-order valence-corrected chi connectivity index (χ2v) is 3.57. The van der Waals surface area contributed by atoms with Crippen molar-refractivity contribution >= 4 is 11.9 Å². The van der Waals surface area contributed by atoms with E-state index in [1.165, 1.54) is 5.56 Å². The van der Waals surface area contributed by atoms with Gasteiger partial charge in [0.1, 0.15) is 5.82 Å². The Bertz CT molecular complexity index is 489. The van der Waals surface area contributed by atoms with Crippen LogP contribution in [0.15, 0.2) is 24.3 Å². The minimum Gasteiger partial charge on any atom is -0.368 e. The van der Waals surface area contributed by atoms with E-state index in [1.54, 1.807) is 0 Å². The lowest BCUT2D eigenvalue weighted by Gasteiger charge is -2.05. The van der Waals surface area contributed by atoms with Gasteiger partial charge in [-0.25, -0.2) is 0 Å². The van der Waals surface area contributed by atoms with E-state index in [2.05, 4.69) is 15.0 Å². The Morgan fingerprint density at radius 1 is 1.00 bits per heavy atom. The van der Waals surface area contributed by atoms with Crippen LogP contribution in [0, 0.1) is 6.92 Å². The van der Waals surface area contributed by atoms with Crippen LogP contribution < -0.4 is 11.5 Å². The van der Waals surface area contributed by atoms with Gasteiger partial charge in [-0.15, -0.1) is 0 Å². The molecule has 0 radical (unpaired) electrons. The van der Waals surface area contributed by atoms with Crippen molar-refractivity contribution in [3.8, 4) is 0 Å². The highest BCUT2D eigenvalue weighted by Crippen LogP contribution is 2.11. The van der Waals surface area contributed by atoms with Gasteiger partial charge in [-0.05, 0) is 18.1 Å². The van der Waals surface area contributed by atoms with Crippen LogP contribution in [-0.2, 0) is 6.42 Å². The number of nitrogen functional groups attached to an aromatic ring is 2. The number of hydrogen-bond acceptors (Lipinski definition) is 5. The van der Waals surface area contributed by atoms with Crippen LogP contribution in [0.5, 0.6) is 0 Å². The van der Waals surface area contributed by atoms with Crippen molar-refractivity contribution < 1.29 is 0 Å². The molecule has 0 atom stereocenters. The van der Waals surface area contributed by atoms with Crippen LogP contribution in [0.2, 0.25) is 0 Å². The van der Waals surface area contributed by atoms with E-state index in [0.29, 0.717) is 12.2 Å². The summed E-state index contributed by atoms with van der Waals surface area (Å²) in [5.41, 5.74) is 13.4. The molecule has 0 saturated carbocycles. The minimum absolute atomic E-state index is 0.163. The molecule has 16 heavy (non-hydrogen) atoms. The largest absolute Gasteiger partial charge is 0.368 e. The zero-order chi connectivity index (χ0) is 11.5. The van der Waals surface area contributed by atoms with E-state index in [0.717, 1.165) is 5.56 Å². The standard InChI is InChI=1S/C11H13N5/c1-7-4-2-3-5-8(7)6-9-14-10(12)16-11(13)15-9/h2-5H,6H2,1H3,(H4,12,13,14,15,16). The lowest BCUT2D eigenvalue weighted by atomic mass is 10.1. The highest BCUT2D eigenvalue weighted by atomic mass is 15.1. The Hall–Kier alpha value is -2.17. The molecule has 2 rings (SSSR count). The van der Waals surface area contributed by atoms with Gasteiger partial charge in [0.25, 0.3) is 0 Å². The molecule has 2 aromatic rings. The van der Waals surface area contributed by atoms with E-state index in [9.17, 15) is 0 Å². The van der Waals surface area contributed by atoms with Crippen molar-refractivity contribution in [1.82, 2.24) is 15.0 Å². The van der Waals surface area contributed by atoms with Crippen LogP contribution in [0.25, 0.3) is 0 Å². The maximum absolute atomic E-state index is 5.51. The van der Waals surface area contributed by atoms with Gasteiger partial charge in [0, 0.05) is 6.42 Å². The summed E-state index contributed by atoms with van der Waals surface area (Å²) in [5.74, 6) is 0.923. The minimum atomic E-state index is 0.163. The Morgan fingerprint density at radius 3 is 2.25 bits per heavy atom. The lowest BCUT2D eigenvalue weighted by molar-refractivity contribution is 0.934. The van der Waals surface area contributed by atoms with Gasteiger partial charge in [-0.1, -0.05) is 24.3 Å². The number of anilines is 2. The normalized spacial score (nSPS) is 10.3. The fourth-order valence-electron chi connectivity index (χ4n) is 1.51.